The van der Waals surface area contributed by atoms with Crippen molar-refractivity contribution >= 4 is 34.8 Å². The Bertz CT molecular complexity index is 742. The number of carbonyl (C=O) groups is 1. The predicted octanol–water partition coefficient (Wildman–Crippen LogP) is 4.40. The van der Waals surface area contributed by atoms with Crippen LogP contribution in [-0.4, -0.2) is 17.2 Å². The molecule has 0 aliphatic rings. The standard InChI is InChI=1S/C16H12Cl2F2N2O2/c1-10(23)21-22-15(11-2-6-13(17)7-3-11)12-4-8-14(9-5-12)24-16(18,19)20/h2-9H,1H3,(H,21,23)/b22-15-. The van der Waals surface area contributed by atoms with Crippen LogP contribution in [0.1, 0.15) is 18.1 Å². The molecular formula is C16H12Cl2F2N2O2. The van der Waals surface area contributed by atoms with Gasteiger partial charge in [-0.25, -0.2) is 5.43 Å². The topological polar surface area (TPSA) is 50.7 Å². The van der Waals surface area contributed by atoms with Crippen molar-refractivity contribution in [3.8, 4) is 5.75 Å². The van der Waals surface area contributed by atoms with Gasteiger partial charge in [0.25, 0.3) is 0 Å². The first-order chi connectivity index (χ1) is 11.2. The van der Waals surface area contributed by atoms with E-state index >= 15 is 0 Å². The molecule has 4 nitrogen and oxygen atoms in total. The number of nitrogens with one attached hydrogen (secondary N) is 1. The number of hydrogen-bond acceptors (Lipinski definition) is 3. The third-order valence-electron chi connectivity index (χ3n) is 2.80. The summed E-state index contributed by atoms with van der Waals surface area (Å²) >= 11 is 10.6. The molecule has 0 aliphatic heterocycles. The van der Waals surface area contributed by atoms with Crippen molar-refractivity contribution in [2.75, 3.05) is 0 Å². The molecule has 0 fully saturated rings. The number of amides is 1. The largest absolute Gasteiger partial charge is 0.487 e. The fraction of sp³-hybridized carbons (Fsp3) is 0.125. The van der Waals surface area contributed by atoms with Crippen LogP contribution in [0.5, 0.6) is 5.75 Å². The number of hydrazone groups is 1. The van der Waals surface area contributed by atoms with Crippen LogP contribution >= 0.6 is 23.2 Å². The van der Waals surface area contributed by atoms with Crippen molar-refractivity contribution in [2.45, 2.75) is 12.5 Å². The molecule has 2 rings (SSSR count). The number of ether oxygens (including phenoxy) is 1. The summed E-state index contributed by atoms with van der Waals surface area (Å²) in [6.45, 7) is 1.32. The third-order valence-corrected chi connectivity index (χ3v) is 3.13. The highest BCUT2D eigenvalue weighted by molar-refractivity contribution is 6.30. The van der Waals surface area contributed by atoms with Gasteiger partial charge in [0.15, 0.2) is 0 Å². The van der Waals surface area contributed by atoms with Crippen molar-refractivity contribution in [3.63, 3.8) is 0 Å². The SMILES string of the molecule is CC(=O)N/N=C(/c1ccc(Cl)cc1)c1ccc(OC(F)(F)Cl)cc1. The number of alkyl halides is 3. The molecule has 0 unspecified atom stereocenters. The maximum absolute atomic E-state index is 12.6. The first-order valence-electron chi connectivity index (χ1n) is 6.71. The lowest BCUT2D eigenvalue weighted by Gasteiger charge is -2.12. The Balaban J connectivity index is 2.35. The zero-order chi connectivity index (χ0) is 17.7. The number of nitrogens with zero attached hydrogens (tertiary/aromatic N) is 1. The molecule has 126 valence electrons. The van der Waals surface area contributed by atoms with E-state index in [9.17, 15) is 13.6 Å². The molecule has 0 bridgehead atoms. The van der Waals surface area contributed by atoms with Gasteiger partial charge in [-0.2, -0.15) is 5.10 Å². The molecule has 0 aromatic heterocycles. The first-order valence-corrected chi connectivity index (χ1v) is 7.46. The monoisotopic (exact) mass is 372 g/mol. The van der Waals surface area contributed by atoms with E-state index in [1.165, 1.54) is 31.2 Å². The van der Waals surface area contributed by atoms with Crippen molar-refractivity contribution in [2.24, 2.45) is 5.10 Å². The summed E-state index contributed by atoms with van der Waals surface area (Å²) in [5.41, 5.74) is 0.268. The molecule has 0 atom stereocenters. The Morgan fingerprint density at radius 3 is 2.04 bits per heavy atom. The zero-order valence-corrected chi connectivity index (χ0v) is 13.9. The van der Waals surface area contributed by atoms with Crippen LogP contribution in [0.25, 0.3) is 0 Å². The smallest absolute Gasteiger partial charge is 0.420 e. The van der Waals surface area contributed by atoms with Gasteiger partial charge in [-0.05, 0) is 36.4 Å². The maximum atomic E-state index is 12.6. The summed E-state index contributed by atoms with van der Waals surface area (Å²) < 4.78 is 29.5. The number of hydrogen-bond donors (Lipinski definition) is 1. The molecular weight excluding hydrogens is 361 g/mol. The minimum Gasteiger partial charge on any atom is -0.420 e. The summed E-state index contributed by atoms with van der Waals surface area (Å²) in [7, 11) is 0. The molecule has 0 heterocycles. The Morgan fingerprint density at radius 2 is 1.58 bits per heavy atom. The lowest BCUT2D eigenvalue weighted by atomic mass is 10.0. The second kappa shape index (κ2) is 7.59. The Kier molecular flexibility index (Phi) is 5.75. The lowest BCUT2D eigenvalue weighted by molar-refractivity contribution is -0.118. The van der Waals surface area contributed by atoms with E-state index in [1.54, 1.807) is 24.3 Å². The van der Waals surface area contributed by atoms with Crippen LogP contribution in [0.4, 0.5) is 8.78 Å². The third kappa shape index (κ3) is 5.47. The van der Waals surface area contributed by atoms with E-state index in [2.05, 4.69) is 15.3 Å². The van der Waals surface area contributed by atoms with E-state index < -0.39 is 5.57 Å². The lowest BCUT2D eigenvalue weighted by Crippen LogP contribution is -2.17. The maximum Gasteiger partial charge on any atom is 0.487 e. The molecule has 0 spiro atoms. The summed E-state index contributed by atoms with van der Waals surface area (Å²) in [5, 5.41) is 4.60. The minimum atomic E-state index is -3.79. The van der Waals surface area contributed by atoms with Gasteiger partial charge in [0.1, 0.15) is 5.75 Å². The number of rotatable bonds is 5. The average Bonchev–Trinajstić information content (AvgIpc) is 2.49. The van der Waals surface area contributed by atoms with Gasteiger partial charge in [0, 0.05) is 34.7 Å². The molecule has 8 heteroatoms. The van der Waals surface area contributed by atoms with Crippen molar-refractivity contribution < 1.29 is 18.3 Å². The van der Waals surface area contributed by atoms with Gasteiger partial charge < -0.3 is 4.74 Å². The highest BCUT2D eigenvalue weighted by atomic mass is 35.5. The highest BCUT2D eigenvalue weighted by Crippen LogP contribution is 2.25. The number of carbonyl (C=O) groups excluding carboxylic acids is 1. The van der Waals surface area contributed by atoms with E-state index in [0.717, 1.165) is 0 Å². The normalized spacial score (nSPS) is 12.0. The van der Waals surface area contributed by atoms with Crippen molar-refractivity contribution in [1.29, 1.82) is 0 Å². The summed E-state index contributed by atoms with van der Waals surface area (Å²) in [6, 6.07) is 12.5. The number of halogens is 4. The fourth-order valence-corrected chi connectivity index (χ4v) is 2.07. The van der Waals surface area contributed by atoms with Gasteiger partial charge >= 0.3 is 5.57 Å². The van der Waals surface area contributed by atoms with Crippen molar-refractivity contribution in [1.82, 2.24) is 5.43 Å². The van der Waals surface area contributed by atoms with Crippen LogP contribution < -0.4 is 10.2 Å². The van der Waals surface area contributed by atoms with Gasteiger partial charge in [0.2, 0.25) is 5.91 Å². The molecule has 2 aromatic carbocycles. The van der Waals surface area contributed by atoms with E-state index in [0.29, 0.717) is 21.9 Å². The quantitative estimate of drug-likeness (QED) is 0.480. The Labute approximate surface area is 147 Å². The first kappa shape index (κ1) is 18.2. The highest BCUT2D eigenvalue weighted by Gasteiger charge is 2.27. The van der Waals surface area contributed by atoms with E-state index in [-0.39, 0.29) is 11.7 Å². The summed E-state index contributed by atoms with van der Waals surface area (Å²) in [4.78, 5) is 11.1. The second-order valence-electron chi connectivity index (χ2n) is 4.71. The zero-order valence-electron chi connectivity index (χ0n) is 12.4. The Morgan fingerprint density at radius 1 is 1.08 bits per heavy atom. The van der Waals surface area contributed by atoms with Gasteiger partial charge in [-0.1, -0.05) is 23.7 Å². The van der Waals surface area contributed by atoms with Crippen LogP contribution in [0.3, 0.4) is 0 Å². The van der Waals surface area contributed by atoms with Crippen LogP contribution in [0.2, 0.25) is 5.02 Å². The van der Waals surface area contributed by atoms with Gasteiger partial charge in [0.05, 0.1) is 5.71 Å². The van der Waals surface area contributed by atoms with E-state index in [1.807, 2.05) is 0 Å². The van der Waals surface area contributed by atoms with Gasteiger partial charge in [-0.15, -0.1) is 8.78 Å². The van der Waals surface area contributed by atoms with Gasteiger partial charge in [-0.3, -0.25) is 4.79 Å². The molecule has 24 heavy (non-hydrogen) atoms. The Hall–Kier alpha value is -2.18. The van der Waals surface area contributed by atoms with E-state index in [4.69, 9.17) is 23.2 Å². The molecule has 0 saturated carbocycles. The molecule has 1 amide bonds. The van der Waals surface area contributed by atoms with Crippen molar-refractivity contribution in [3.05, 3.63) is 64.7 Å². The number of benzene rings is 2. The van der Waals surface area contributed by atoms with Crippen LogP contribution in [0, 0.1) is 0 Å². The fourth-order valence-electron chi connectivity index (χ4n) is 1.85. The van der Waals surface area contributed by atoms with Crippen LogP contribution in [-0.2, 0) is 4.79 Å². The average molecular weight is 373 g/mol. The molecule has 0 saturated heterocycles. The van der Waals surface area contributed by atoms with Crippen LogP contribution in [0.15, 0.2) is 53.6 Å². The molecule has 0 aliphatic carbocycles. The molecule has 0 radical (unpaired) electrons. The summed E-state index contributed by atoms with van der Waals surface area (Å²) in [6.07, 6.45) is 0. The molecule has 2 aromatic rings. The predicted molar refractivity (Wildman–Crippen MR) is 88.8 cm³/mol. The summed E-state index contributed by atoms with van der Waals surface area (Å²) in [5.74, 6) is -0.447. The second-order valence-corrected chi connectivity index (χ2v) is 5.58. The minimum absolute atomic E-state index is 0.103. The molecule has 1 N–H and O–H groups in total.